The Morgan fingerprint density at radius 2 is 1.95 bits per heavy atom. The number of aromatic hydroxyl groups is 2. The number of ether oxygens (including phenoxy) is 1. The van der Waals surface area contributed by atoms with E-state index in [2.05, 4.69) is 0 Å². The minimum atomic E-state index is -0.658. The molecule has 21 heavy (non-hydrogen) atoms. The number of carbonyl (C=O) groups excluding carboxylic acids is 2. The normalized spacial score (nSPS) is 11.2. The molecule has 6 nitrogen and oxygen atoms in total. The van der Waals surface area contributed by atoms with E-state index in [0.29, 0.717) is 11.8 Å². The summed E-state index contributed by atoms with van der Waals surface area (Å²) in [4.78, 5) is 22.3. The van der Waals surface area contributed by atoms with Crippen molar-refractivity contribution >= 4 is 18.3 Å². The summed E-state index contributed by atoms with van der Waals surface area (Å²) in [5.41, 5.74) is 0.775. The number of phenolic OH excluding ortho intramolecular Hbond substituents is 2. The van der Waals surface area contributed by atoms with Crippen LogP contribution in [-0.4, -0.2) is 22.5 Å². The van der Waals surface area contributed by atoms with Crippen LogP contribution < -0.4 is 4.74 Å². The molecule has 0 bridgehead atoms. The highest BCUT2D eigenvalue weighted by Crippen LogP contribution is 2.26. The van der Waals surface area contributed by atoms with E-state index in [1.54, 1.807) is 0 Å². The first-order valence-electron chi connectivity index (χ1n) is 5.97. The Morgan fingerprint density at radius 1 is 1.19 bits per heavy atom. The van der Waals surface area contributed by atoms with Crippen LogP contribution in [0.3, 0.4) is 0 Å². The summed E-state index contributed by atoms with van der Waals surface area (Å²) in [5, 5.41) is 18.6. The van der Waals surface area contributed by atoms with Gasteiger partial charge in [0, 0.05) is 11.6 Å². The third-order valence-corrected chi connectivity index (χ3v) is 2.62. The number of hydrogen-bond acceptors (Lipinski definition) is 6. The number of furan rings is 1. The molecule has 2 rings (SSSR count). The first kappa shape index (κ1) is 14.4. The van der Waals surface area contributed by atoms with Gasteiger partial charge < -0.3 is 19.4 Å². The Balaban J connectivity index is 2.12. The van der Waals surface area contributed by atoms with E-state index in [9.17, 15) is 19.8 Å². The van der Waals surface area contributed by atoms with Gasteiger partial charge in [0.15, 0.2) is 23.5 Å². The first-order chi connectivity index (χ1) is 9.99. The zero-order valence-electron chi connectivity index (χ0n) is 11.1. The standard InChI is InChI=1S/C15H12O6/c1-9(6-10-2-4-12(17)13(18)7-10)15(19)21-14-5-3-11(8-16)20-14/h2-8,17-18H,1H3/b9-6+. The van der Waals surface area contributed by atoms with Crippen LogP contribution in [0.25, 0.3) is 6.08 Å². The van der Waals surface area contributed by atoms with E-state index in [-0.39, 0.29) is 28.8 Å². The molecular weight excluding hydrogens is 276 g/mol. The maximum Gasteiger partial charge on any atom is 0.341 e. The van der Waals surface area contributed by atoms with Crippen LogP contribution in [-0.2, 0) is 4.79 Å². The Bertz CT molecular complexity index is 711. The molecule has 0 amide bonds. The number of hydrogen-bond donors (Lipinski definition) is 2. The van der Waals surface area contributed by atoms with Gasteiger partial charge in [-0.3, -0.25) is 4.79 Å². The summed E-state index contributed by atoms with van der Waals surface area (Å²) in [7, 11) is 0. The number of carbonyl (C=O) groups is 2. The molecule has 2 N–H and O–H groups in total. The topological polar surface area (TPSA) is 97.0 Å². The van der Waals surface area contributed by atoms with Gasteiger partial charge in [0.05, 0.1) is 0 Å². The molecule has 0 aliphatic carbocycles. The third kappa shape index (κ3) is 3.50. The SMILES string of the molecule is C/C(=C\c1ccc(O)c(O)c1)C(=O)Oc1ccc(C=O)o1. The van der Waals surface area contributed by atoms with Gasteiger partial charge in [-0.25, -0.2) is 4.79 Å². The van der Waals surface area contributed by atoms with Crippen LogP contribution in [0.4, 0.5) is 0 Å². The van der Waals surface area contributed by atoms with Crippen molar-refractivity contribution in [2.45, 2.75) is 6.92 Å². The smallest absolute Gasteiger partial charge is 0.341 e. The van der Waals surface area contributed by atoms with Crippen molar-refractivity contribution in [3.8, 4) is 17.4 Å². The van der Waals surface area contributed by atoms with Gasteiger partial charge in [-0.1, -0.05) is 6.07 Å². The minimum absolute atomic E-state index is 0.0582. The number of phenols is 2. The molecule has 0 fully saturated rings. The number of benzene rings is 1. The van der Waals surface area contributed by atoms with Crippen LogP contribution >= 0.6 is 0 Å². The molecule has 0 radical (unpaired) electrons. The monoisotopic (exact) mass is 288 g/mol. The summed E-state index contributed by atoms with van der Waals surface area (Å²) < 4.78 is 9.87. The second kappa shape index (κ2) is 5.96. The van der Waals surface area contributed by atoms with Crippen molar-refractivity contribution in [3.63, 3.8) is 0 Å². The maximum atomic E-state index is 11.8. The van der Waals surface area contributed by atoms with E-state index in [4.69, 9.17) is 9.15 Å². The molecule has 0 saturated carbocycles. The summed E-state index contributed by atoms with van der Waals surface area (Å²) in [6, 6.07) is 6.89. The Morgan fingerprint density at radius 3 is 2.57 bits per heavy atom. The second-order valence-corrected chi connectivity index (χ2v) is 4.24. The molecule has 1 aromatic carbocycles. The number of esters is 1. The summed E-state index contributed by atoms with van der Waals surface area (Å²) in [5.74, 6) is -1.21. The Hall–Kier alpha value is -3.02. The van der Waals surface area contributed by atoms with E-state index >= 15 is 0 Å². The van der Waals surface area contributed by atoms with E-state index in [1.165, 1.54) is 43.3 Å². The van der Waals surface area contributed by atoms with Gasteiger partial charge in [-0.15, -0.1) is 0 Å². The van der Waals surface area contributed by atoms with Crippen LogP contribution in [0.15, 0.2) is 40.3 Å². The van der Waals surface area contributed by atoms with Crippen molar-refractivity contribution in [1.29, 1.82) is 0 Å². The lowest BCUT2D eigenvalue weighted by Gasteiger charge is -2.02. The quantitative estimate of drug-likeness (QED) is 0.388. The highest BCUT2D eigenvalue weighted by molar-refractivity contribution is 5.94. The van der Waals surface area contributed by atoms with Gasteiger partial charge in [-0.2, -0.15) is 0 Å². The average Bonchev–Trinajstić information content (AvgIpc) is 2.90. The van der Waals surface area contributed by atoms with Crippen molar-refractivity contribution in [2.24, 2.45) is 0 Å². The largest absolute Gasteiger partial charge is 0.504 e. The van der Waals surface area contributed by atoms with Crippen molar-refractivity contribution in [3.05, 3.63) is 47.2 Å². The second-order valence-electron chi connectivity index (χ2n) is 4.24. The molecule has 0 aliphatic rings. The van der Waals surface area contributed by atoms with Crippen LogP contribution in [0, 0.1) is 0 Å². The molecule has 108 valence electrons. The van der Waals surface area contributed by atoms with Crippen molar-refractivity contribution < 1.29 is 29.0 Å². The Kier molecular flexibility index (Phi) is 4.08. The van der Waals surface area contributed by atoms with Gasteiger partial charge in [0.1, 0.15) is 0 Å². The van der Waals surface area contributed by atoms with E-state index in [1.807, 2.05) is 0 Å². The van der Waals surface area contributed by atoms with Gasteiger partial charge in [0.25, 0.3) is 5.95 Å². The molecule has 6 heteroatoms. The lowest BCUT2D eigenvalue weighted by atomic mass is 10.1. The fourth-order valence-corrected chi connectivity index (χ4v) is 1.56. The molecule has 0 saturated heterocycles. The van der Waals surface area contributed by atoms with Crippen LogP contribution in [0.5, 0.6) is 17.4 Å². The lowest BCUT2D eigenvalue weighted by molar-refractivity contribution is -0.131. The molecule has 0 unspecified atom stereocenters. The van der Waals surface area contributed by atoms with Gasteiger partial charge in [0.2, 0.25) is 0 Å². The molecule has 1 heterocycles. The number of rotatable bonds is 4. The third-order valence-electron chi connectivity index (χ3n) is 2.62. The first-order valence-corrected chi connectivity index (χ1v) is 5.97. The molecule has 0 atom stereocenters. The highest BCUT2D eigenvalue weighted by Gasteiger charge is 2.11. The maximum absolute atomic E-state index is 11.8. The fourth-order valence-electron chi connectivity index (χ4n) is 1.56. The highest BCUT2D eigenvalue weighted by atomic mass is 16.6. The summed E-state index contributed by atoms with van der Waals surface area (Å²) in [6.45, 7) is 1.52. The molecule has 0 aliphatic heterocycles. The van der Waals surface area contributed by atoms with E-state index < -0.39 is 5.97 Å². The zero-order chi connectivity index (χ0) is 15.4. The molecule has 2 aromatic rings. The fraction of sp³-hybridized carbons (Fsp3) is 0.0667. The number of aldehydes is 1. The summed E-state index contributed by atoms with van der Waals surface area (Å²) >= 11 is 0. The predicted molar refractivity (Wildman–Crippen MR) is 73.2 cm³/mol. The minimum Gasteiger partial charge on any atom is -0.504 e. The zero-order valence-corrected chi connectivity index (χ0v) is 11.1. The van der Waals surface area contributed by atoms with E-state index in [0.717, 1.165) is 0 Å². The Labute approximate surface area is 119 Å². The van der Waals surface area contributed by atoms with Crippen LogP contribution in [0.2, 0.25) is 0 Å². The molecular formula is C15H12O6. The predicted octanol–water partition coefficient (Wildman–Crippen LogP) is 2.51. The van der Waals surface area contributed by atoms with Crippen molar-refractivity contribution in [1.82, 2.24) is 0 Å². The van der Waals surface area contributed by atoms with Gasteiger partial charge >= 0.3 is 5.97 Å². The lowest BCUT2D eigenvalue weighted by Crippen LogP contribution is -2.08. The van der Waals surface area contributed by atoms with Gasteiger partial charge in [-0.05, 0) is 36.8 Å². The summed E-state index contributed by atoms with van der Waals surface area (Å²) in [6.07, 6.45) is 1.98. The van der Waals surface area contributed by atoms with Crippen molar-refractivity contribution in [2.75, 3.05) is 0 Å². The molecule has 1 aromatic heterocycles. The average molecular weight is 288 g/mol. The van der Waals surface area contributed by atoms with Crippen LogP contribution in [0.1, 0.15) is 23.0 Å². The molecule has 0 spiro atoms.